The molecule has 4 aromatic rings. The van der Waals surface area contributed by atoms with Gasteiger partial charge in [-0.05, 0) is 36.6 Å². The monoisotopic (exact) mass is 579 g/mol. The number of hydrogen-bond acceptors (Lipinski definition) is 6. The molecule has 5 rings (SSSR count). The summed E-state index contributed by atoms with van der Waals surface area (Å²) >= 11 is 12.2. The van der Waals surface area contributed by atoms with Crippen LogP contribution >= 0.6 is 23.2 Å². The zero-order chi connectivity index (χ0) is 28.2. The second kappa shape index (κ2) is 12.0. The Bertz CT molecular complexity index is 1580. The summed E-state index contributed by atoms with van der Waals surface area (Å²) in [4.78, 5) is 45.2. The van der Waals surface area contributed by atoms with E-state index in [9.17, 15) is 14.4 Å². The van der Waals surface area contributed by atoms with Gasteiger partial charge in [0.25, 0.3) is 5.56 Å². The molecule has 1 aliphatic heterocycles. The van der Waals surface area contributed by atoms with Crippen LogP contribution < -0.4 is 10.9 Å². The number of hydrogen-bond donors (Lipinski definition) is 1. The predicted octanol–water partition coefficient (Wildman–Crippen LogP) is 3.71. The van der Waals surface area contributed by atoms with Crippen LogP contribution in [0.25, 0.3) is 16.9 Å². The average Bonchev–Trinajstić information content (AvgIpc) is 3.38. The molecule has 3 heterocycles. The first-order valence-electron chi connectivity index (χ1n) is 12.8. The number of nitrogens with zero attached hydrogens (tertiary/aromatic N) is 6. The lowest BCUT2D eigenvalue weighted by Crippen LogP contribution is -2.49. The van der Waals surface area contributed by atoms with Gasteiger partial charge in [0.1, 0.15) is 6.04 Å². The highest BCUT2D eigenvalue weighted by Gasteiger charge is 2.30. The van der Waals surface area contributed by atoms with Crippen LogP contribution in [0.3, 0.4) is 0 Å². The minimum Gasteiger partial charge on any atom is -0.353 e. The quantitative estimate of drug-likeness (QED) is 0.357. The molecule has 0 aliphatic carbocycles. The van der Waals surface area contributed by atoms with Crippen molar-refractivity contribution < 1.29 is 9.59 Å². The number of rotatable bonds is 7. The summed E-state index contributed by atoms with van der Waals surface area (Å²) in [5.41, 5.74) is 2.06. The molecule has 0 unspecified atom stereocenters. The largest absolute Gasteiger partial charge is 0.353 e. The van der Waals surface area contributed by atoms with Crippen molar-refractivity contribution in [1.29, 1.82) is 0 Å². The predicted molar refractivity (Wildman–Crippen MR) is 151 cm³/mol. The molecule has 0 bridgehead atoms. The molecule has 2 amide bonds. The highest BCUT2D eigenvalue weighted by molar-refractivity contribution is 6.31. The Kier molecular flexibility index (Phi) is 8.27. The van der Waals surface area contributed by atoms with Crippen molar-refractivity contribution >= 4 is 35.0 Å². The normalized spacial score (nSPS) is 14.6. The van der Waals surface area contributed by atoms with Gasteiger partial charge in [-0.25, -0.2) is 9.67 Å². The van der Waals surface area contributed by atoms with E-state index in [1.54, 1.807) is 29.3 Å². The lowest BCUT2D eigenvalue weighted by Gasteiger charge is -2.34. The number of carbonyl (C=O) groups is 2. The van der Waals surface area contributed by atoms with Gasteiger partial charge in [0, 0.05) is 49.1 Å². The van der Waals surface area contributed by atoms with Gasteiger partial charge in [-0.3, -0.25) is 19.0 Å². The van der Waals surface area contributed by atoms with Crippen LogP contribution in [-0.2, 0) is 16.0 Å². The second-order valence-corrected chi connectivity index (χ2v) is 10.5. The van der Waals surface area contributed by atoms with Crippen molar-refractivity contribution in [3.63, 3.8) is 0 Å². The smallest absolute Gasteiger partial charge is 0.254 e. The highest BCUT2D eigenvalue weighted by Crippen LogP contribution is 2.28. The molecule has 1 saturated heterocycles. The summed E-state index contributed by atoms with van der Waals surface area (Å²) in [7, 11) is 0. The first kappa shape index (κ1) is 27.5. The number of nitrogens with one attached hydrogen (secondary N) is 1. The minimum atomic E-state index is -0.790. The van der Waals surface area contributed by atoms with E-state index in [1.165, 1.54) is 28.6 Å². The van der Waals surface area contributed by atoms with Crippen LogP contribution in [0.4, 0.5) is 0 Å². The summed E-state index contributed by atoms with van der Waals surface area (Å²) in [6.45, 7) is 2.47. The van der Waals surface area contributed by atoms with Crippen molar-refractivity contribution in [2.24, 2.45) is 0 Å². The van der Waals surface area contributed by atoms with Crippen LogP contribution in [0.1, 0.15) is 31.4 Å². The van der Waals surface area contributed by atoms with Crippen molar-refractivity contribution in [2.75, 3.05) is 13.1 Å². The van der Waals surface area contributed by atoms with Gasteiger partial charge in [-0.15, -0.1) is 5.10 Å². The van der Waals surface area contributed by atoms with E-state index in [1.807, 2.05) is 30.3 Å². The Hall–Kier alpha value is -4.02. The number of benzene rings is 2. The molecule has 1 N–H and O–H groups in total. The average molecular weight is 580 g/mol. The van der Waals surface area contributed by atoms with Crippen LogP contribution in [-0.4, -0.2) is 60.4 Å². The summed E-state index contributed by atoms with van der Waals surface area (Å²) < 4.78 is 2.86. The Morgan fingerprint density at radius 1 is 1.07 bits per heavy atom. The van der Waals surface area contributed by atoms with Gasteiger partial charge >= 0.3 is 0 Å². The number of carbonyl (C=O) groups excluding carboxylic acids is 2. The standard InChI is InChI=1S/C28H27Cl2N7O3/c1-18(38)32-21-9-11-35(12-10-21)28(40)25(13-19-5-3-2-4-6-19)36-17-31-23(15-27(36)39)22-14-20(29)7-8-24(22)37-16-26(30)33-34-37/h2-8,14-17,21,25H,9-13H2,1H3,(H,32,38)/t25-/m0/s1. The maximum absolute atomic E-state index is 13.8. The Labute approximate surface area is 240 Å². The fraction of sp³-hybridized carbons (Fsp3) is 0.286. The van der Waals surface area contributed by atoms with E-state index < -0.39 is 6.04 Å². The molecule has 2 aromatic heterocycles. The first-order valence-corrected chi connectivity index (χ1v) is 13.6. The number of aromatic nitrogens is 5. The highest BCUT2D eigenvalue weighted by atomic mass is 35.5. The van der Waals surface area contributed by atoms with E-state index in [-0.39, 0.29) is 28.6 Å². The third-order valence-corrected chi connectivity index (χ3v) is 7.30. The Morgan fingerprint density at radius 2 is 1.82 bits per heavy atom. The van der Waals surface area contributed by atoms with Crippen molar-refractivity contribution in [3.05, 3.63) is 93.2 Å². The van der Waals surface area contributed by atoms with E-state index in [4.69, 9.17) is 23.2 Å². The van der Waals surface area contributed by atoms with Crippen molar-refractivity contribution in [3.8, 4) is 16.9 Å². The molecule has 10 nitrogen and oxygen atoms in total. The first-order chi connectivity index (χ1) is 19.3. The molecular weight excluding hydrogens is 553 g/mol. The van der Waals surface area contributed by atoms with Gasteiger partial charge in [0.15, 0.2) is 5.15 Å². The molecular formula is C28H27Cl2N7O3. The number of amides is 2. The molecule has 2 aromatic carbocycles. The minimum absolute atomic E-state index is 0.0320. The van der Waals surface area contributed by atoms with Gasteiger partial charge in [-0.1, -0.05) is 58.7 Å². The van der Waals surface area contributed by atoms with Crippen LogP contribution in [0.5, 0.6) is 0 Å². The summed E-state index contributed by atoms with van der Waals surface area (Å²) in [5.74, 6) is -0.248. The summed E-state index contributed by atoms with van der Waals surface area (Å²) in [6.07, 6.45) is 4.58. The molecule has 12 heteroatoms. The maximum atomic E-state index is 13.8. The van der Waals surface area contributed by atoms with Crippen LogP contribution in [0, 0.1) is 0 Å². The molecule has 206 valence electrons. The van der Waals surface area contributed by atoms with E-state index in [2.05, 4.69) is 20.6 Å². The molecule has 1 aliphatic rings. The molecule has 0 spiro atoms. The van der Waals surface area contributed by atoms with Crippen molar-refractivity contribution in [2.45, 2.75) is 38.3 Å². The van der Waals surface area contributed by atoms with Crippen molar-refractivity contribution in [1.82, 2.24) is 34.8 Å². The second-order valence-electron chi connectivity index (χ2n) is 9.67. The zero-order valence-electron chi connectivity index (χ0n) is 21.7. The molecule has 40 heavy (non-hydrogen) atoms. The Morgan fingerprint density at radius 3 is 2.48 bits per heavy atom. The molecule has 0 saturated carbocycles. The van der Waals surface area contributed by atoms with E-state index >= 15 is 0 Å². The third kappa shape index (κ3) is 6.24. The maximum Gasteiger partial charge on any atom is 0.254 e. The fourth-order valence-corrected chi connectivity index (χ4v) is 5.25. The lowest BCUT2D eigenvalue weighted by molar-refractivity contribution is -0.136. The number of likely N-dealkylation sites (tertiary alicyclic amines) is 1. The lowest BCUT2D eigenvalue weighted by atomic mass is 10.0. The summed E-state index contributed by atoms with van der Waals surface area (Å²) in [6, 6.07) is 15.3. The Balaban J connectivity index is 1.47. The molecule has 1 atom stereocenters. The van der Waals surface area contributed by atoms with Crippen LogP contribution in [0.2, 0.25) is 10.2 Å². The molecule has 0 radical (unpaired) electrons. The van der Waals surface area contributed by atoms with Gasteiger partial charge in [-0.2, -0.15) is 0 Å². The number of halogens is 2. The van der Waals surface area contributed by atoms with Crippen LogP contribution in [0.15, 0.2) is 71.9 Å². The third-order valence-electron chi connectivity index (χ3n) is 6.89. The summed E-state index contributed by atoms with van der Waals surface area (Å²) in [5, 5.41) is 11.4. The SMILES string of the molecule is CC(=O)NC1CCN(C(=O)[C@H](Cc2ccccc2)n2cnc(-c3cc(Cl)ccc3-n3cc(Cl)nn3)cc2=O)CC1. The van der Waals surface area contributed by atoms with Gasteiger partial charge < -0.3 is 10.2 Å². The van der Waals surface area contributed by atoms with Gasteiger partial charge in [0.2, 0.25) is 11.8 Å². The fourth-order valence-electron chi connectivity index (χ4n) is 4.95. The topological polar surface area (TPSA) is 115 Å². The van der Waals surface area contributed by atoms with Gasteiger partial charge in [0.05, 0.1) is 23.9 Å². The van der Waals surface area contributed by atoms with E-state index in [0.29, 0.717) is 54.3 Å². The number of piperidine rings is 1. The molecule has 1 fully saturated rings. The zero-order valence-corrected chi connectivity index (χ0v) is 23.2. The van der Waals surface area contributed by atoms with E-state index in [0.717, 1.165) is 5.56 Å².